The first-order valence-corrected chi connectivity index (χ1v) is 7.92. The van der Waals surface area contributed by atoms with E-state index in [1.165, 1.54) is 6.07 Å². The van der Waals surface area contributed by atoms with E-state index >= 15 is 0 Å². The van der Waals surface area contributed by atoms with Crippen LogP contribution in [0.2, 0.25) is 0 Å². The van der Waals surface area contributed by atoms with Gasteiger partial charge in [0.05, 0.1) is 25.9 Å². The van der Waals surface area contributed by atoms with Crippen LogP contribution in [0.25, 0.3) is 0 Å². The molecular formula is C16H20F3N3O4. The van der Waals surface area contributed by atoms with Gasteiger partial charge in [0.25, 0.3) is 0 Å². The van der Waals surface area contributed by atoms with E-state index in [1.54, 1.807) is 6.07 Å². The smallest absolute Gasteiger partial charge is 0.416 e. The molecule has 2 amide bonds. The van der Waals surface area contributed by atoms with Gasteiger partial charge in [0.1, 0.15) is 6.54 Å². The van der Waals surface area contributed by atoms with Gasteiger partial charge >= 0.3 is 12.3 Å². The number of anilines is 1. The topological polar surface area (TPSA) is 79.9 Å². The summed E-state index contributed by atoms with van der Waals surface area (Å²) in [4.78, 5) is 24.3. The Hall–Kier alpha value is -2.49. The number of rotatable bonds is 5. The zero-order valence-corrected chi connectivity index (χ0v) is 14.2. The van der Waals surface area contributed by atoms with E-state index in [0.29, 0.717) is 32.0 Å². The number of carbonyl (C=O) groups is 2. The summed E-state index contributed by atoms with van der Waals surface area (Å²) in [7, 11) is 1.14. The van der Waals surface area contributed by atoms with Gasteiger partial charge in [-0.15, -0.1) is 0 Å². The highest BCUT2D eigenvalue weighted by Crippen LogP contribution is 2.34. The zero-order chi connectivity index (χ0) is 19.2. The number of nitrogens with zero attached hydrogens (tertiary/aromatic N) is 1. The molecule has 0 unspecified atom stereocenters. The summed E-state index contributed by atoms with van der Waals surface area (Å²) in [5, 5.41) is 4.50. The van der Waals surface area contributed by atoms with E-state index in [9.17, 15) is 22.8 Å². The molecule has 0 atom stereocenters. The maximum atomic E-state index is 13.4. The molecule has 1 fully saturated rings. The van der Waals surface area contributed by atoms with Crippen LogP contribution >= 0.6 is 0 Å². The van der Waals surface area contributed by atoms with E-state index in [0.717, 1.165) is 13.2 Å². The molecule has 0 saturated carbocycles. The van der Waals surface area contributed by atoms with Crippen molar-refractivity contribution < 1.29 is 32.2 Å². The number of ether oxygens (including phenoxy) is 2. The predicted molar refractivity (Wildman–Crippen MR) is 86.7 cm³/mol. The minimum atomic E-state index is -4.55. The van der Waals surface area contributed by atoms with Gasteiger partial charge in [0.15, 0.2) is 0 Å². The first-order chi connectivity index (χ1) is 12.3. The van der Waals surface area contributed by atoms with E-state index in [1.807, 2.05) is 4.90 Å². The number of amides is 2. The van der Waals surface area contributed by atoms with Crippen LogP contribution in [0.15, 0.2) is 18.2 Å². The molecule has 1 aliphatic rings. The number of morpholine rings is 1. The summed E-state index contributed by atoms with van der Waals surface area (Å²) >= 11 is 0. The van der Waals surface area contributed by atoms with Crippen LogP contribution in [0, 0.1) is 0 Å². The highest BCUT2D eigenvalue weighted by molar-refractivity contribution is 5.82. The monoisotopic (exact) mass is 375 g/mol. The summed E-state index contributed by atoms with van der Waals surface area (Å²) in [5.74, 6) is -0.624. The summed E-state index contributed by atoms with van der Waals surface area (Å²) in [5.41, 5.74) is -0.397. The lowest BCUT2D eigenvalue weighted by Crippen LogP contribution is -2.37. The highest BCUT2D eigenvalue weighted by Gasteiger charge is 2.34. The Bertz CT molecular complexity index is 646. The van der Waals surface area contributed by atoms with Crippen molar-refractivity contribution in [1.82, 2.24) is 10.6 Å². The van der Waals surface area contributed by atoms with Crippen LogP contribution in [0.4, 0.5) is 23.7 Å². The van der Waals surface area contributed by atoms with E-state index in [4.69, 9.17) is 4.74 Å². The number of nitrogens with one attached hydrogen (secondary N) is 2. The summed E-state index contributed by atoms with van der Waals surface area (Å²) in [6.45, 7) is 1.28. The molecule has 144 valence electrons. The van der Waals surface area contributed by atoms with E-state index < -0.39 is 23.7 Å². The van der Waals surface area contributed by atoms with Crippen molar-refractivity contribution in [1.29, 1.82) is 0 Å². The van der Waals surface area contributed by atoms with Crippen LogP contribution in [-0.2, 0) is 27.0 Å². The molecule has 1 aliphatic heterocycles. The lowest BCUT2D eigenvalue weighted by atomic mass is 10.0. The molecule has 0 aliphatic carbocycles. The molecule has 1 saturated heterocycles. The third-order valence-electron chi connectivity index (χ3n) is 3.83. The Labute approximate surface area is 148 Å². The zero-order valence-electron chi connectivity index (χ0n) is 14.2. The van der Waals surface area contributed by atoms with Gasteiger partial charge in [0, 0.05) is 25.3 Å². The molecule has 0 aromatic heterocycles. The van der Waals surface area contributed by atoms with Gasteiger partial charge in [0.2, 0.25) is 5.91 Å². The molecule has 10 heteroatoms. The fourth-order valence-corrected chi connectivity index (χ4v) is 2.48. The molecule has 1 heterocycles. The van der Waals surface area contributed by atoms with Crippen LogP contribution in [0.5, 0.6) is 0 Å². The summed E-state index contributed by atoms with van der Waals surface area (Å²) in [6.07, 6.45) is -5.35. The summed E-state index contributed by atoms with van der Waals surface area (Å²) in [6, 6.07) is 4.02. The Balaban J connectivity index is 2.07. The second-order valence-corrected chi connectivity index (χ2v) is 5.56. The second-order valence-electron chi connectivity index (χ2n) is 5.56. The molecule has 2 rings (SSSR count). The van der Waals surface area contributed by atoms with E-state index in [-0.39, 0.29) is 18.7 Å². The Morgan fingerprint density at radius 3 is 2.54 bits per heavy atom. The van der Waals surface area contributed by atoms with Crippen molar-refractivity contribution in [2.75, 3.05) is 44.9 Å². The van der Waals surface area contributed by atoms with Gasteiger partial charge in [-0.2, -0.15) is 13.2 Å². The third kappa shape index (κ3) is 5.51. The van der Waals surface area contributed by atoms with Crippen LogP contribution < -0.4 is 15.5 Å². The normalized spacial score (nSPS) is 14.7. The number of benzene rings is 1. The molecule has 1 aromatic carbocycles. The van der Waals surface area contributed by atoms with Crippen molar-refractivity contribution in [3.63, 3.8) is 0 Å². The van der Waals surface area contributed by atoms with Crippen LogP contribution in [0.3, 0.4) is 0 Å². The van der Waals surface area contributed by atoms with Crippen molar-refractivity contribution in [2.45, 2.75) is 12.7 Å². The summed E-state index contributed by atoms with van der Waals surface area (Å²) < 4.78 is 49.7. The van der Waals surface area contributed by atoms with Crippen molar-refractivity contribution in [2.24, 2.45) is 0 Å². The SMILES string of the molecule is COC(=O)NCC(=O)NCc1ccc(N2CCOCC2)cc1C(F)(F)F. The van der Waals surface area contributed by atoms with E-state index in [2.05, 4.69) is 15.4 Å². The average Bonchev–Trinajstić information content (AvgIpc) is 2.64. The molecule has 7 nitrogen and oxygen atoms in total. The van der Waals surface area contributed by atoms with Crippen molar-refractivity contribution >= 4 is 17.7 Å². The van der Waals surface area contributed by atoms with Gasteiger partial charge in [-0.05, 0) is 17.7 Å². The van der Waals surface area contributed by atoms with Gasteiger partial charge in [-0.3, -0.25) is 4.79 Å². The Kier molecular flexibility index (Phi) is 6.67. The minimum Gasteiger partial charge on any atom is -0.453 e. The number of halogens is 3. The van der Waals surface area contributed by atoms with Crippen LogP contribution in [0.1, 0.15) is 11.1 Å². The standard InChI is InChI=1S/C16H20F3N3O4/c1-25-15(24)21-10-14(23)20-9-11-2-3-12(8-13(11)16(17,18)19)22-4-6-26-7-5-22/h2-3,8H,4-7,9-10H2,1H3,(H,20,23)(H,21,24). The van der Waals surface area contributed by atoms with Gasteiger partial charge in [-0.1, -0.05) is 6.07 Å². The number of alkyl carbamates (subject to hydrolysis) is 1. The number of methoxy groups -OCH3 is 1. The molecule has 0 bridgehead atoms. The molecule has 2 N–H and O–H groups in total. The number of alkyl halides is 3. The van der Waals surface area contributed by atoms with Crippen molar-refractivity contribution in [3.05, 3.63) is 29.3 Å². The lowest BCUT2D eigenvalue weighted by molar-refractivity contribution is -0.138. The van der Waals surface area contributed by atoms with Crippen molar-refractivity contribution in [3.8, 4) is 0 Å². The maximum absolute atomic E-state index is 13.4. The molecule has 1 aromatic rings. The lowest BCUT2D eigenvalue weighted by Gasteiger charge is -2.29. The maximum Gasteiger partial charge on any atom is 0.416 e. The van der Waals surface area contributed by atoms with Gasteiger partial charge < -0.3 is 25.0 Å². The second kappa shape index (κ2) is 8.75. The molecule has 0 radical (unpaired) electrons. The Morgan fingerprint density at radius 2 is 1.92 bits per heavy atom. The minimum absolute atomic E-state index is 0.0547. The van der Waals surface area contributed by atoms with Gasteiger partial charge in [-0.25, -0.2) is 4.79 Å². The quantitative estimate of drug-likeness (QED) is 0.816. The third-order valence-corrected chi connectivity index (χ3v) is 3.83. The Morgan fingerprint density at radius 1 is 1.23 bits per heavy atom. The molecule has 0 spiro atoms. The number of carbonyl (C=O) groups excluding carboxylic acids is 2. The fraction of sp³-hybridized carbons (Fsp3) is 0.500. The fourth-order valence-electron chi connectivity index (χ4n) is 2.48. The highest BCUT2D eigenvalue weighted by atomic mass is 19.4. The first-order valence-electron chi connectivity index (χ1n) is 7.92. The molecule has 26 heavy (non-hydrogen) atoms. The average molecular weight is 375 g/mol. The molecular weight excluding hydrogens is 355 g/mol. The predicted octanol–water partition coefficient (Wildman–Crippen LogP) is 1.51. The number of hydrogen-bond acceptors (Lipinski definition) is 5. The largest absolute Gasteiger partial charge is 0.453 e. The van der Waals surface area contributed by atoms with Crippen LogP contribution in [-0.4, -0.2) is 52.0 Å². The first kappa shape index (κ1) is 19.8. The number of hydrogen-bond donors (Lipinski definition) is 2.